The lowest BCUT2D eigenvalue weighted by molar-refractivity contribution is -0.0319. The van der Waals surface area contributed by atoms with Crippen molar-refractivity contribution >= 4 is 10.9 Å². The van der Waals surface area contributed by atoms with Gasteiger partial charge in [-0.2, -0.15) is 0 Å². The molecule has 0 atom stereocenters. The first-order valence-corrected chi connectivity index (χ1v) is 8.51. The number of ether oxygens (including phenoxy) is 1. The molecule has 24 heavy (non-hydrogen) atoms. The van der Waals surface area contributed by atoms with E-state index in [2.05, 4.69) is 9.88 Å². The molecule has 0 amide bonds. The fourth-order valence-corrected chi connectivity index (χ4v) is 3.59. The van der Waals surface area contributed by atoms with Crippen LogP contribution in [0.25, 0.3) is 10.9 Å². The number of benzene rings is 1. The number of hydrogen-bond donors (Lipinski definition) is 2. The maximum absolute atomic E-state index is 12.3. The molecule has 2 N–H and O–H groups in total. The zero-order valence-corrected chi connectivity index (χ0v) is 14.5. The molecular formula is C19H26N2O3. The Morgan fingerprint density at radius 2 is 2.04 bits per heavy atom. The standard InChI is InChI=1S/C19H26N2O3/c1-14-3-4-17-16(9-14)18(23)10-15(20-17)11-21(2)12-19(13-22)5-7-24-8-6-19/h3-4,9-10,22H,5-8,11-13H2,1-2H3,(H,20,23). The summed E-state index contributed by atoms with van der Waals surface area (Å²) < 4.78 is 5.42. The molecule has 0 aliphatic carbocycles. The summed E-state index contributed by atoms with van der Waals surface area (Å²) in [5.74, 6) is 0. The Morgan fingerprint density at radius 3 is 2.75 bits per heavy atom. The van der Waals surface area contributed by atoms with E-state index < -0.39 is 0 Å². The second kappa shape index (κ2) is 7.05. The van der Waals surface area contributed by atoms with E-state index in [0.29, 0.717) is 19.8 Å². The van der Waals surface area contributed by atoms with Gasteiger partial charge in [-0.3, -0.25) is 9.69 Å². The van der Waals surface area contributed by atoms with Gasteiger partial charge >= 0.3 is 0 Å². The molecule has 1 saturated heterocycles. The number of nitrogens with zero attached hydrogens (tertiary/aromatic N) is 1. The average molecular weight is 330 g/mol. The predicted molar refractivity (Wildman–Crippen MR) is 95.2 cm³/mol. The van der Waals surface area contributed by atoms with Crippen LogP contribution in [0.4, 0.5) is 0 Å². The van der Waals surface area contributed by atoms with Gasteiger partial charge in [-0.25, -0.2) is 0 Å². The van der Waals surface area contributed by atoms with Crippen molar-refractivity contribution < 1.29 is 9.84 Å². The summed E-state index contributed by atoms with van der Waals surface area (Å²) in [6.07, 6.45) is 1.75. The van der Waals surface area contributed by atoms with Crippen molar-refractivity contribution in [2.45, 2.75) is 26.3 Å². The van der Waals surface area contributed by atoms with Crippen LogP contribution in [0.3, 0.4) is 0 Å². The van der Waals surface area contributed by atoms with E-state index in [9.17, 15) is 9.90 Å². The Morgan fingerprint density at radius 1 is 1.29 bits per heavy atom. The SMILES string of the molecule is Cc1ccc2[nH]c(CN(C)CC3(CO)CCOCC3)cc(=O)c2c1. The van der Waals surface area contributed by atoms with E-state index in [-0.39, 0.29) is 17.5 Å². The van der Waals surface area contributed by atoms with Gasteiger partial charge in [0, 0.05) is 54.4 Å². The number of aromatic nitrogens is 1. The van der Waals surface area contributed by atoms with Crippen LogP contribution in [0.2, 0.25) is 0 Å². The molecule has 1 aliphatic rings. The van der Waals surface area contributed by atoms with Crippen LogP contribution >= 0.6 is 0 Å². The number of aliphatic hydroxyl groups is 1. The summed E-state index contributed by atoms with van der Waals surface area (Å²) in [4.78, 5) is 17.9. The summed E-state index contributed by atoms with van der Waals surface area (Å²) in [5, 5.41) is 10.6. The van der Waals surface area contributed by atoms with Crippen LogP contribution in [0, 0.1) is 12.3 Å². The Bertz CT molecular complexity index is 763. The Hall–Kier alpha value is -1.69. The van der Waals surface area contributed by atoms with Crippen molar-refractivity contribution in [3.63, 3.8) is 0 Å². The lowest BCUT2D eigenvalue weighted by Crippen LogP contribution is -2.42. The number of aryl methyl sites for hydroxylation is 1. The van der Waals surface area contributed by atoms with Crippen molar-refractivity contribution in [3.8, 4) is 0 Å². The quantitative estimate of drug-likeness (QED) is 0.881. The van der Waals surface area contributed by atoms with Gasteiger partial charge in [-0.1, -0.05) is 11.6 Å². The maximum atomic E-state index is 12.3. The Labute approximate surface area is 142 Å². The summed E-state index contributed by atoms with van der Waals surface area (Å²) in [7, 11) is 2.03. The Kier molecular flexibility index (Phi) is 5.04. The third-order valence-electron chi connectivity index (χ3n) is 4.98. The monoisotopic (exact) mass is 330 g/mol. The van der Waals surface area contributed by atoms with Gasteiger partial charge in [0.25, 0.3) is 0 Å². The minimum atomic E-state index is -0.0960. The molecule has 1 aromatic heterocycles. The highest BCUT2D eigenvalue weighted by Crippen LogP contribution is 2.31. The second-order valence-corrected chi connectivity index (χ2v) is 7.15. The first-order valence-electron chi connectivity index (χ1n) is 8.51. The molecule has 3 rings (SSSR count). The highest BCUT2D eigenvalue weighted by atomic mass is 16.5. The first kappa shape index (κ1) is 17.1. The summed E-state index contributed by atoms with van der Waals surface area (Å²) in [6, 6.07) is 7.58. The minimum Gasteiger partial charge on any atom is -0.396 e. The molecule has 0 radical (unpaired) electrons. The molecule has 0 spiro atoms. The van der Waals surface area contributed by atoms with Crippen LogP contribution in [0.1, 0.15) is 24.1 Å². The second-order valence-electron chi connectivity index (χ2n) is 7.15. The lowest BCUT2D eigenvalue weighted by atomic mass is 9.80. The number of H-pyrrole nitrogens is 1. The van der Waals surface area contributed by atoms with Crippen molar-refractivity contribution in [2.75, 3.05) is 33.4 Å². The number of rotatable bonds is 5. The highest BCUT2D eigenvalue weighted by Gasteiger charge is 2.33. The summed E-state index contributed by atoms with van der Waals surface area (Å²) in [5.41, 5.74) is 2.82. The van der Waals surface area contributed by atoms with Gasteiger partial charge in [-0.05, 0) is 38.9 Å². The van der Waals surface area contributed by atoms with Crippen LogP contribution in [-0.4, -0.2) is 48.4 Å². The molecule has 2 aromatic rings. The summed E-state index contributed by atoms with van der Waals surface area (Å²) >= 11 is 0. The minimum absolute atomic E-state index is 0.0544. The number of pyridine rings is 1. The molecule has 1 aromatic carbocycles. The molecule has 1 fully saturated rings. The highest BCUT2D eigenvalue weighted by molar-refractivity contribution is 5.79. The normalized spacial score (nSPS) is 17.5. The van der Waals surface area contributed by atoms with Crippen LogP contribution in [0.5, 0.6) is 0 Å². The van der Waals surface area contributed by atoms with Gasteiger partial charge in [0.05, 0.1) is 6.61 Å². The van der Waals surface area contributed by atoms with E-state index in [1.54, 1.807) is 6.07 Å². The van der Waals surface area contributed by atoms with Gasteiger partial charge in [0.15, 0.2) is 5.43 Å². The number of aliphatic hydroxyl groups excluding tert-OH is 1. The topological polar surface area (TPSA) is 65.6 Å². The third kappa shape index (κ3) is 3.69. The van der Waals surface area contributed by atoms with E-state index >= 15 is 0 Å². The van der Waals surface area contributed by atoms with Crippen LogP contribution in [-0.2, 0) is 11.3 Å². The number of aromatic amines is 1. The molecule has 0 bridgehead atoms. The smallest absolute Gasteiger partial charge is 0.189 e. The fourth-order valence-electron chi connectivity index (χ4n) is 3.59. The molecule has 0 saturated carbocycles. The Balaban J connectivity index is 1.76. The molecule has 1 aliphatic heterocycles. The molecule has 130 valence electrons. The predicted octanol–water partition coefficient (Wildman–Crippen LogP) is 2.06. The number of nitrogens with one attached hydrogen (secondary N) is 1. The number of fused-ring (bicyclic) bond motifs is 1. The first-order chi connectivity index (χ1) is 11.5. The lowest BCUT2D eigenvalue weighted by Gasteiger charge is -2.38. The molecule has 2 heterocycles. The number of hydrogen-bond acceptors (Lipinski definition) is 4. The van der Waals surface area contributed by atoms with Gasteiger partial charge in [0.2, 0.25) is 0 Å². The largest absolute Gasteiger partial charge is 0.396 e. The fraction of sp³-hybridized carbons (Fsp3) is 0.526. The molecule has 5 heteroatoms. The van der Waals surface area contributed by atoms with E-state index in [1.165, 1.54) is 0 Å². The van der Waals surface area contributed by atoms with Gasteiger partial charge in [-0.15, -0.1) is 0 Å². The van der Waals surface area contributed by atoms with Gasteiger partial charge in [0.1, 0.15) is 0 Å². The molecular weight excluding hydrogens is 304 g/mol. The van der Waals surface area contributed by atoms with E-state index in [0.717, 1.165) is 41.5 Å². The zero-order chi connectivity index (χ0) is 17.2. The average Bonchev–Trinajstić information content (AvgIpc) is 2.56. The third-order valence-corrected chi connectivity index (χ3v) is 4.98. The van der Waals surface area contributed by atoms with Crippen molar-refractivity contribution in [1.82, 2.24) is 9.88 Å². The van der Waals surface area contributed by atoms with Crippen LogP contribution in [0.15, 0.2) is 29.1 Å². The van der Waals surface area contributed by atoms with Crippen molar-refractivity contribution in [3.05, 3.63) is 45.7 Å². The molecule has 5 nitrogen and oxygen atoms in total. The van der Waals surface area contributed by atoms with Gasteiger partial charge < -0.3 is 14.8 Å². The van der Waals surface area contributed by atoms with Crippen molar-refractivity contribution in [1.29, 1.82) is 0 Å². The zero-order valence-electron chi connectivity index (χ0n) is 14.5. The van der Waals surface area contributed by atoms with Crippen LogP contribution < -0.4 is 5.43 Å². The van der Waals surface area contributed by atoms with E-state index in [4.69, 9.17) is 4.74 Å². The maximum Gasteiger partial charge on any atom is 0.189 e. The molecule has 0 unspecified atom stereocenters. The van der Waals surface area contributed by atoms with Crippen molar-refractivity contribution in [2.24, 2.45) is 5.41 Å². The van der Waals surface area contributed by atoms with E-state index in [1.807, 2.05) is 32.2 Å². The summed E-state index contributed by atoms with van der Waals surface area (Å²) in [6.45, 7) is 5.03.